The molecule has 2 fully saturated rings. The molecule has 4 rings (SSSR count). The number of carboxylic acids is 1. The zero-order valence-corrected chi connectivity index (χ0v) is 25.9. The van der Waals surface area contributed by atoms with Gasteiger partial charge >= 0.3 is 5.97 Å². The number of piperazine rings is 2. The highest BCUT2D eigenvalue weighted by Crippen LogP contribution is 2.18. The number of anilines is 2. The largest absolute Gasteiger partial charge is 0.481 e. The number of pyridine rings is 2. The van der Waals surface area contributed by atoms with Crippen LogP contribution in [0.3, 0.4) is 0 Å². The summed E-state index contributed by atoms with van der Waals surface area (Å²) in [6.45, 7) is 23.0. The van der Waals surface area contributed by atoms with Crippen LogP contribution >= 0.6 is 0 Å². The van der Waals surface area contributed by atoms with Crippen molar-refractivity contribution >= 4 is 23.5 Å². The molecule has 2 unspecified atom stereocenters. The molecule has 45 heavy (non-hydrogen) atoms. The van der Waals surface area contributed by atoms with E-state index < -0.39 is 5.97 Å². The van der Waals surface area contributed by atoms with Crippen LogP contribution in [0.1, 0.15) is 50.7 Å². The second kappa shape index (κ2) is 19.9. The van der Waals surface area contributed by atoms with E-state index in [-0.39, 0.29) is 18.4 Å². The van der Waals surface area contributed by atoms with Crippen molar-refractivity contribution in [3.05, 3.63) is 70.6 Å². The number of aliphatic carboxylic acids is 1. The number of hydrogen-bond donors (Lipinski definition) is 2. The maximum absolute atomic E-state index is 12.2. The van der Waals surface area contributed by atoms with Crippen LogP contribution in [-0.2, 0) is 9.59 Å². The SMILES string of the molecule is CC1CN(c2ccc(C#N)cn2)CCN1.[C-]#[N+]CCCC(=O)N1CCN(c2ccc(C#N)cn2)CC1C.[C-]#[N+]CCCC(=O)O. The molecule has 2 atom stereocenters. The van der Waals surface area contributed by atoms with Crippen molar-refractivity contribution in [3.63, 3.8) is 0 Å². The Hall–Kier alpha value is -5.24. The number of aromatic nitrogens is 2. The molecule has 2 aromatic rings. The smallest absolute Gasteiger partial charge is 0.303 e. The minimum Gasteiger partial charge on any atom is -0.481 e. The fraction of sp³-hybridized carbons (Fsp3) is 0.500. The summed E-state index contributed by atoms with van der Waals surface area (Å²) in [4.78, 5) is 43.1. The van der Waals surface area contributed by atoms with Crippen LogP contribution in [0.15, 0.2) is 36.7 Å². The summed E-state index contributed by atoms with van der Waals surface area (Å²) in [5.74, 6) is 1.10. The molecule has 2 aromatic heterocycles. The normalized spacial score (nSPS) is 17.1. The van der Waals surface area contributed by atoms with Crippen molar-refractivity contribution in [2.24, 2.45) is 0 Å². The van der Waals surface area contributed by atoms with Crippen LogP contribution in [-0.4, -0.2) is 96.3 Å². The Kier molecular flexibility index (Phi) is 15.9. The summed E-state index contributed by atoms with van der Waals surface area (Å²) in [6.07, 6.45) is 4.86. The molecule has 2 aliphatic rings. The lowest BCUT2D eigenvalue weighted by atomic mass is 10.1. The van der Waals surface area contributed by atoms with Crippen LogP contribution < -0.4 is 15.1 Å². The standard InChI is InChI=1S/C16H19N5O.C11H14N4.C5H7NO2/c1-13-12-20(15-6-5-14(10-17)11-19-15)8-9-21(13)16(22)4-3-7-18-2;1-9-8-15(5-4-13-9)11-3-2-10(6-12)7-14-11;1-6-4-2-3-5(7)8/h5-6,11,13H,3-4,7-9,12H2,1H3;2-3,7,9,13H,4-5,8H2,1H3;2-4H2,(H,7,8). The molecule has 13 nitrogen and oxygen atoms in total. The number of carbonyl (C=O) groups excluding carboxylic acids is 1. The van der Waals surface area contributed by atoms with Gasteiger partial charge in [-0.05, 0) is 38.1 Å². The molecular weight excluding hydrogens is 572 g/mol. The molecule has 2 N–H and O–H groups in total. The predicted octanol–water partition coefficient (Wildman–Crippen LogP) is 3.21. The number of nitrogens with zero attached hydrogens (tertiary/aromatic N) is 9. The van der Waals surface area contributed by atoms with Gasteiger partial charge in [0.1, 0.15) is 23.8 Å². The summed E-state index contributed by atoms with van der Waals surface area (Å²) in [7, 11) is 0. The van der Waals surface area contributed by atoms with Crippen LogP contribution in [0.4, 0.5) is 11.6 Å². The molecule has 4 heterocycles. The number of carboxylic acid groups (broad SMARTS) is 1. The molecule has 0 radical (unpaired) electrons. The minimum atomic E-state index is -0.825. The zero-order chi connectivity index (χ0) is 33.0. The van der Waals surface area contributed by atoms with E-state index in [1.54, 1.807) is 18.5 Å². The van der Waals surface area contributed by atoms with Crippen molar-refractivity contribution in [1.82, 2.24) is 20.2 Å². The molecular formula is C32H40N10O3. The highest BCUT2D eigenvalue weighted by molar-refractivity contribution is 5.77. The maximum atomic E-state index is 12.2. The molecule has 2 aliphatic heterocycles. The molecule has 13 heteroatoms. The van der Waals surface area contributed by atoms with E-state index in [1.807, 2.05) is 30.0 Å². The summed E-state index contributed by atoms with van der Waals surface area (Å²) >= 11 is 0. The average molecular weight is 613 g/mol. The highest BCUT2D eigenvalue weighted by Gasteiger charge is 2.27. The van der Waals surface area contributed by atoms with Gasteiger partial charge in [-0.15, -0.1) is 0 Å². The Bertz CT molecular complexity index is 1390. The number of carbonyl (C=O) groups is 2. The molecule has 0 aromatic carbocycles. The first-order valence-corrected chi connectivity index (χ1v) is 14.9. The second-order valence-electron chi connectivity index (χ2n) is 10.6. The lowest BCUT2D eigenvalue weighted by Gasteiger charge is -2.40. The Morgan fingerprint density at radius 2 is 1.47 bits per heavy atom. The monoisotopic (exact) mass is 612 g/mol. The first-order chi connectivity index (χ1) is 21.7. The molecule has 0 saturated carbocycles. The molecule has 1 amide bonds. The van der Waals surface area contributed by atoms with Gasteiger partial charge in [-0.2, -0.15) is 10.5 Å². The van der Waals surface area contributed by atoms with E-state index in [9.17, 15) is 9.59 Å². The predicted molar refractivity (Wildman–Crippen MR) is 170 cm³/mol. The van der Waals surface area contributed by atoms with Crippen molar-refractivity contribution in [2.75, 3.05) is 62.2 Å². The minimum absolute atomic E-state index is 0.113. The fourth-order valence-electron chi connectivity index (χ4n) is 4.72. The van der Waals surface area contributed by atoms with E-state index in [0.29, 0.717) is 56.1 Å². The van der Waals surface area contributed by atoms with Crippen LogP contribution in [0, 0.1) is 35.8 Å². The summed E-state index contributed by atoms with van der Waals surface area (Å²) < 4.78 is 0. The third-order valence-corrected chi connectivity index (χ3v) is 7.04. The second-order valence-corrected chi connectivity index (χ2v) is 10.6. The maximum Gasteiger partial charge on any atom is 0.303 e. The summed E-state index contributed by atoms with van der Waals surface area (Å²) in [6, 6.07) is 12.1. The Balaban J connectivity index is 0.000000264. The quantitative estimate of drug-likeness (QED) is 0.335. The van der Waals surface area contributed by atoms with Crippen LogP contribution in [0.5, 0.6) is 0 Å². The van der Waals surface area contributed by atoms with Crippen molar-refractivity contribution in [3.8, 4) is 12.1 Å². The summed E-state index contributed by atoms with van der Waals surface area (Å²) in [5, 5.41) is 28.9. The van der Waals surface area contributed by atoms with Gasteiger partial charge < -0.3 is 34.8 Å². The van der Waals surface area contributed by atoms with Gasteiger partial charge in [0, 0.05) is 83.0 Å². The van der Waals surface area contributed by atoms with E-state index in [0.717, 1.165) is 44.4 Å². The van der Waals surface area contributed by atoms with E-state index in [1.165, 1.54) is 0 Å². The lowest BCUT2D eigenvalue weighted by Crippen LogP contribution is -2.54. The summed E-state index contributed by atoms with van der Waals surface area (Å²) in [5.41, 5.74) is 1.16. The number of rotatable bonds is 8. The van der Waals surface area contributed by atoms with Crippen molar-refractivity contribution < 1.29 is 14.7 Å². The van der Waals surface area contributed by atoms with Gasteiger partial charge in [0.05, 0.1) is 17.5 Å². The first-order valence-electron chi connectivity index (χ1n) is 14.9. The van der Waals surface area contributed by atoms with Crippen molar-refractivity contribution in [2.45, 2.75) is 51.6 Å². The first kappa shape index (κ1) is 36.0. The molecule has 236 valence electrons. The number of nitrogens with one attached hydrogen (secondary N) is 1. The third kappa shape index (κ3) is 12.9. The Morgan fingerprint density at radius 3 is 1.91 bits per heavy atom. The average Bonchev–Trinajstić information content (AvgIpc) is 3.05. The molecule has 0 spiro atoms. The van der Waals surface area contributed by atoms with Gasteiger partial charge in [-0.25, -0.2) is 23.1 Å². The van der Waals surface area contributed by atoms with Gasteiger partial charge in [-0.1, -0.05) is 0 Å². The van der Waals surface area contributed by atoms with E-state index >= 15 is 0 Å². The van der Waals surface area contributed by atoms with Crippen LogP contribution in [0.2, 0.25) is 0 Å². The molecule has 2 saturated heterocycles. The van der Waals surface area contributed by atoms with Crippen LogP contribution in [0.25, 0.3) is 9.69 Å². The van der Waals surface area contributed by atoms with E-state index in [4.69, 9.17) is 28.8 Å². The lowest BCUT2D eigenvalue weighted by molar-refractivity contribution is -0.137. The molecule has 0 bridgehead atoms. The van der Waals surface area contributed by atoms with Gasteiger partial charge in [0.25, 0.3) is 0 Å². The van der Waals surface area contributed by atoms with Gasteiger partial charge in [0.2, 0.25) is 19.0 Å². The fourth-order valence-corrected chi connectivity index (χ4v) is 4.72. The Labute approximate surface area is 265 Å². The van der Waals surface area contributed by atoms with Gasteiger partial charge in [-0.3, -0.25) is 9.59 Å². The third-order valence-electron chi connectivity index (χ3n) is 7.04. The van der Waals surface area contributed by atoms with Gasteiger partial charge in [0.15, 0.2) is 0 Å². The molecule has 0 aliphatic carbocycles. The highest BCUT2D eigenvalue weighted by atomic mass is 16.4. The zero-order valence-electron chi connectivity index (χ0n) is 25.9. The van der Waals surface area contributed by atoms with E-state index in [2.05, 4.69) is 53.8 Å². The number of nitriles is 2. The number of amides is 1. The van der Waals surface area contributed by atoms with Crippen molar-refractivity contribution in [1.29, 1.82) is 10.5 Å². The Morgan fingerprint density at radius 1 is 0.911 bits per heavy atom. The topological polar surface area (TPSA) is 158 Å². The number of hydrogen-bond acceptors (Lipinski definition) is 9.